The number of hydrogen-bond acceptors (Lipinski definition) is 4. The quantitative estimate of drug-likeness (QED) is 0.642. The van der Waals surface area contributed by atoms with Gasteiger partial charge in [0.05, 0.1) is 25.5 Å². The van der Waals surface area contributed by atoms with Crippen LogP contribution in [-0.2, 0) is 17.9 Å². The zero-order valence-electron chi connectivity index (χ0n) is 6.77. The number of nitrogens with zero attached hydrogens (tertiary/aromatic N) is 2. The fourth-order valence-electron chi connectivity index (χ4n) is 1.21. The Hall–Kier alpha value is -1.56. The van der Waals surface area contributed by atoms with E-state index in [4.69, 9.17) is 9.84 Å². The molecule has 0 bridgehead atoms. The summed E-state index contributed by atoms with van der Waals surface area (Å²) in [6.07, 6.45) is -1.35. The maximum Gasteiger partial charge on any atom is 0.512 e. The normalized spacial score (nSPS) is 15.1. The summed E-state index contributed by atoms with van der Waals surface area (Å²) in [7, 11) is 0. The van der Waals surface area contributed by atoms with E-state index in [-0.39, 0.29) is 5.88 Å². The second-order valence-corrected chi connectivity index (χ2v) is 2.62. The average Bonchev–Trinajstić information content (AvgIpc) is 2.44. The maximum atomic E-state index is 10.2. The lowest BCUT2D eigenvalue weighted by Crippen LogP contribution is -2.16. The van der Waals surface area contributed by atoms with Crippen molar-refractivity contribution in [2.75, 3.05) is 6.61 Å². The van der Waals surface area contributed by atoms with E-state index in [1.54, 1.807) is 10.7 Å². The fourth-order valence-corrected chi connectivity index (χ4v) is 1.21. The molecule has 6 heteroatoms. The minimum Gasteiger partial charge on any atom is -0.449 e. The average molecular weight is 184 g/mol. The van der Waals surface area contributed by atoms with Gasteiger partial charge in [-0.2, -0.15) is 0 Å². The molecule has 0 saturated carbocycles. The predicted molar refractivity (Wildman–Crippen MR) is 40.5 cm³/mol. The molecule has 0 saturated heterocycles. The molecule has 0 fully saturated rings. The van der Waals surface area contributed by atoms with Crippen molar-refractivity contribution >= 4 is 6.16 Å². The van der Waals surface area contributed by atoms with Gasteiger partial charge in [0.15, 0.2) is 0 Å². The van der Waals surface area contributed by atoms with Crippen molar-refractivity contribution in [3.05, 3.63) is 11.8 Å². The molecule has 2 heterocycles. The highest BCUT2D eigenvalue weighted by Gasteiger charge is 2.14. The minimum absolute atomic E-state index is 0.105. The van der Waals surface area contributed by atoms with Crippen molar-refractivity contribution in [1.29, 1.82) is 0 Å². The molecule has 0 atom stereocenters. The van der Waals surface area contributed by atoms with Crippen molar-refractivity contribution in [2.24, 2.45) is 0 Å². The van der Waals surface area contributed by atoms with E-state index < -0.39 is 6.16 Å². The SMILES string of the molecule is O=C(O)Oc1cc2n(n1)CCOC2. The van der Waals surface area contributed by atoms with Gasteiger partial charge in [0.1, 0.15) is 0 Å². The van der Waals surface area contributed by atoms with E-state index in [0.29, 0.717) is 19.8 Å². The van der Waals surface area contributed by atoms with Crippen LogP contribution in [0.1, 0.15) is 5.69 Å². The Balaban J connectivity index is 2.20. The summed E-state index contributed by atoms with van der Waals surface area (Å²) in [6.45, 7) is 1.69. The van der Waals surface area contributed by atoms with Crippen molar-refractivity contribution in [1.82, 2.24) is 9.78 Å². The molecule has 0 spiro atoms. The van der Waals surface area contributed by atoms with Gasteiger partial charge < -0.3 is 14.6 Å². The standard InChI is InChI=1S/C7H8N2O4/c10-7(11)13-6-3-5-4-12-2-1-9(5)8-6/h3H,1-2,4H2,(H,10,11). The monoisotopic (exact) mass is 184 g/mol. The number of hydrogen-bond donors (Lipinski definition) is 1. The topological polar surface area (TPSA) is 73.6 Å². The zero-order valence-corrected chi connectivity index (χ0v) is 6.77. The molecule has 0 aromatic carbocycles. The van der Waals surface area contributed by atoms with Gasteiger partial charge in [-0.3, -0.25) is 4.68 Å². The number of rotatable bonds is 1. The fraction of sp³-hybridized carbons (Fsp3) is 0.429. The molecule has 70 valence electrons. The Morgan fingerprint density at radius 2 is 2.62 bits per heavy atom. The molecule has 0 amide bonds. The van der Waals surface area contributed by atoms with Gasteiger partial charge in [0.2, 0.25) is 5.88 Å². The van der Waals surface area contributed by atoms with E-state index in [2.05, 4.69) is 9.84 Å². The van der Waals surface area contributed by atoms with Crippen molar-refractivity contribution < 1.29 is 19.4 Å². The van der Waals surface area contributed by atoms with E-state index >= 15 is 0 Å². The van der Waals surface area contributed by atoms with Crippen molar-refractivity contribution in [3.63, 3.8) is 0 Å². The summed E-state index contributed by atoms with van der Waals surface area (Å²) in [5.41, 5.74) is 0.836. The van der Waals surface area contributed by atoms with E-state index in [1.165, 1.54) is 0 Å². The Labute approximate surface area is 73.7 Å². The van der Waals surface area contributed by atoms with Crippen molar-refractivity contribution in [3.8, 4) is 5.88 Å². The molecule has 6 nitrogen and oxygen atoms in total. The Kier molecular flexibility index (Phi) is 1.90. The summed E-state index contributed by atoms with van der Waals surface area (Å²) in [4.78, 5) is 10.2. The highest BCUT2D eigenvalue weighted by Crippen LogP contribution is 2.15. The first kappa shape index (κ1) is 8.06. The number of carbonyl (C=O) groups is 1. The van der Waals surface area contributed by atoms with Crippen molar-refractivity contribution in [2.45, 2.75) is 13.2 Å². The number of carboxylic acid groups (broad SMARTS) is 1. The third-order valence-corrected chi connectivity index (χ3v) is 1.73. The van der Waals surface area contributed by atoms with Gasteiger partial charge in [-0.15, -0.1) is 5.10 Å². The summed E-state index contributed by atoms with van der Waals surface area (Å²) < 4.78 is 11.2. The first-order valence-corrected chi connectivity index (χ1v) is 3.81. The van der Waals surface area contributed by atoms with Crippen LogP contribution in [0.25, 0.3) is 0 Å². The highest BCUT2D eigenvalue weighted by molar-refractivity contribution is 5.60. The van der Waals surface area contributed by atoms with Gasteiger partial charge in [-0.1, -0.05) is 0 Å². The van der Waals surface area contributed by atoms with E-state index in [0.717, 1.165) is 5.69 Å². The van der Waals surface area contributed by atoms with Gasteiger partial charge >= 0.3 is 6.16 Å². The summed E-state index contributed by atoms with van der Waals surface area (Å²) in [5, 5.41) is 12.2. The lowest BCUT2D eigenvalue weighted by atomic mass is 10.4. The molecule has 1 aromatic rings. The van der Waals surface area contributed by atoms with Gasteiger partial charge in [-0.25, -0.2) is 4.79 Å². The second kappa shape index (κ2) is 3.06. The van der Waals surface area contributed by atoms with Gasteiger partial charge in [0, 0.05) is 6.07 Å². The van der Waals surface area contributed by atoms with Crippen LogP contribution < -0.4 is 4.74 Å². The third-order valence-electron chi connectivity index (χ3n) is 1.73. The van der Waals surface area contributed by atoms with Crippen LogP contribution in [0.4, 0.5) is 4.79 Å². The molecular weight excluding hydrogens is 176 g/mol. The third kappa shape index (κ3) is 1.62. The molecule has 13 heavy (non-hydrogen) atoms. The molecule has 1 aliphatic rings. The highest BCUT2D eigenvalue weighted by atomic mass is 16.7. The Bertz CT molecular complexity index is 310. The zero-order chi connectivity index (χ0) is 9.26. The summed E-state index contributed by atoms with van der Waals surface area (Å²) in [6, 6.07) is 1.56. The van der Waals surface area contributed by atoms with Crippen LogP contribution in [-0.4, -0.2) is 27.6 Å². The summed E-state index contributed by atoms with van der Waals surface area (Å²) in [5.74, 6) is 0.105. The Morgan fingerprint density at radius 1 is 1.77 bits per heavy atom. The largest absolute Gasteiger partial charge is 0.512 e. The van der Waals surface area contributed by atoms with Crippen LogP contribution in [0.5, 0.6) is 5.88 Å². The van der Waals surface area contributed by atoms with E-state index in [9.17, 15) is 4.79 Å². The number of fused-ring (bicyclic) bond motifs is 1. The van der Waals surface area contributed by atoms with Crippen LogP contribution in [0, 0.1) is 0 Å². The summed E-state index contributed by atoms with van der Waals surface area (Å²) >= 11 is 0. The maximum absolute atomic E-state index is 10.2. The smallest absolute Gasteiger partial charge is 0.449 e. The lowest BCUT2D eigenvalue weighted by molar-refractivity contribution is 0.0798. The Morgan fingerprint density at radius 3 is 3.31 bits per heavy atom. The van der Waals surface area contributed by atoms with Gasteiger partial charge in [0.25, 0.3) is 0 Å². The first-order valence-electron chi connectivity index (χ1n) is 3.81. The van der Waals surface area contributed by atoms with Crippen LogP contribution in [0.3, 0.4) is 0 Å². The number of ether oxygens (including phenoxy) is 2. The predicted octanol–water partition coefficient (Wildman–Crippen LogP) is 0.470. The van der Waals surface area contributed by atoms with E-state index in [1.807, 2.05) is 0 Å². The van der Waals surface area contributed by atoms with Crippen LogP contribution in [0.15, 0.2) is 6.07 Å². The number of aromatic nitrogens is 2. The molecule has 1 aromatic heterocycles. The molecule has 0 aliphatic carbocycles. The first-order chi connectivity index (χ1) is 6.25. The molecule has 1 N–H and O–H groups in total. The molecule has 0 radical (unpaired) electrons. The van der Waals surface area contributed by atoms with Crippen LogP contribution in [0.2, 0.25) is 0 Å². The lowest BCUT2D eigenvalue weighted by Gasteiger charge is -2.12. The molecule has 0 unspecified atom stereocenters. The minimum atomic E-state index is -1.35. The van der Waals surface area contributed by atoms with Crippen LogP contribution >= 0.6 is 0 Å². The molecular formula is C7H8N2O4. The second-order valence-electron chi connectivity index (χ2n) is 2.62. The van der Waals surface area contributed by atoms with Gasteiger partial charge in [-0.05, 0) is 0 Å². The molecule has 1 aliphatic heterocycles. The molecule has 2 rings (SSSR count).